The Morgan fingerprint density at radius 2 is 1.88 bits per heavy atom. The summed E-state index contributed by atoms with van der Waals surface area (Å²) in [6.07, 6.45) is 5.29. The zero-order valence-electron chi connectivity index (χ0n) is 9.95. The second-order valence-corrected chi connectivity index (χ2v) is 4.54. The number of hydrogen-bond acceptors (Lipinski definition) is 4. The lowest BCUT2D eigenvalue weighted by Crippen LogP contribution is -2.25. The van der Waals surface area contributed by atoms with E-state index in [1.807, 2.05) is 13.0 Å². The average Bonchev–Trinajstić information content (AvgIpc) is 2.44. The van der Waals surface area contributed by atoms with Gasteiger partial charge in [0.2, 0.25) is 0 Å². The lowest BCUT2D eigenvalue weighted by Gasteiger charge is -2.18. The van der Waals surface area contributed by atoms with Crippen molar-refractivity contribution >= 4 is 5.82 Å². The van der Waals surface area contributed by atoms with E-state index in [0.717, 1.165) is 31.2 Å². The molecule has 88 valence electrons. The van der Waals surface area contributed by atoms with Crippen LogP contribution in [0.4, 0.5) is 5.82 Å². The van der Waals surface area contributed by atoms with Gasteiger partial charge in [-0.15, -0.1) is 0 Å². The maximum Gasteiger partial charge on any atom is 0.144 e. The van der Waals surface area contributed by atoms with Gasteiger partial charge in [0.1, 0.15) is 11.6 Å². The van der Waals surface area contributed by atoms with Crippen molar-refractivity contribution in [1.29, 1.82) is 0 Å². The number of hydrogen-bond donors (Lipinski definition) is 1. The number of nitrogens with two attached hydrogens (primary N) is 1. The van der Waals surface area contributed by atoms with Crippen LogP contribution < -0.4 is 5.73 Å². The van der Waals surface area contributed by atoms with Gasteiger partial charge in [0.25, 0.3) is 0 Å². The summed E-state index contributed by atoms with van der Waals surface area (Å²) in [5.41, 5.74) is 6.68. The highest BCUT2D eigenvalue weighted by molar-refractivity contribution is 5.29. The first-order valence-corrected chi connectivity index (χ1v) is 6.06. The number of rotatable bonds is 2. The van der Waals surface area contributed by atoms with Crippen LogP contribution in [-0.4, -0.2) is 28.0 Å². The van der Waals surface area contributed by atoms with Crippen LogP contribution in [-0.2, 0) is 6.54 Å². The Morgan fingerprint density at radius 3 is 2.50 bits per heavy atom. The van der Waals surface area contributed by atoms with Crippen molar-refractivity contribution in [3.63, 3.8) is 0 Å². The van der Waals surface area contributed by atoms with Gasteiger partial charge in [-0.3, -0.25) is 4.90 Å². The van der Waals surface area contributed by atoms with E-state index in [9.17, 15) is 0 Å². The van der Waals surface area contributed by atoms with Gasteiger partial charge in [-0.2, -0.15) is 0 Å². The van der Waals surface area contributed by atoms with Crippen molar-refractivity contribution < 1.29 is 0 Å². The van der Waals surface area contributed by atoms with Gasteiger partial charge in [0, 0.05) is 11.8 Å². The van der Waals surface area contributed by atoms with Crippen LogP contribution >= 0.6 is 0 Å². The summed E-state index contributed by atoms with van der Waals surface area (Å²) in [7, 11) is 0. The van der Waals surface area contributed by atoms with Crippen molar-refractivity contribution in [3.8, 4) is 0 Å². The highest BCUT2D eigenvalue weighted by atomic mass is 15.1. The van der Waals surface area contributed by atoms with Crippen molar-refractivity contribution in [2.24, 2.45) is 0 Å². The molecule has 1 aliphatic heterocycles. The first-order chi connectivity index (χ1) is 7.74. The third-order valence-corrected chi connectivity index (χ3v) is 2.98. The average molecular weight is 220 g/mol. The molecule has 0 bridgehead atoms. The van der Waals surface area contributed by atoms with Crippen LogP contribution in [0.2, 0.25) is 0 Å². The van der Waals surface area contributed by atoms with E-state index < -0.39 is 0 Å². The van der Waals surface area contributed by atoms with Gasteiger partial charge in [-0.25, -0.2) is 9.97 Å². The van der Waals surface area contributed by atoms with E-state index in [1.54, 1.807) is 0 Å². The van der Waals surface area contributed by atoms with Crippen molar-refractivity contribution in [2.75, 3.05) is 18.8 Å². The fourth-order valence-electron chi connectivity index (χ4n) is 2.22. The van der Waals surface area contributed by atoms with Crippen LogP contribution in [0.3, 0.4) is 0 Å². The van der Waals surface area contributed by atoms with Crippen LogP contribution in [0.25, 0.3) is 0 Å². The summed E-state index contributed by atoms with van der Waals surface area (Å²) in [6, 6.07) is 1.81. The van der Waals surface area contributed by atoms with Gasteiger partial charge in [0.15, 0.2) is 0 Å². The molecule has 1 fully saturated rings. The normalized spacial score (nSPS) is 18.3. The molecular weight excluding hydrogens is 200 g/mol. The molecule has 16 heavy (non-hydrogen) atoms. The zero-order chi connectivity index (χ0) is 11.4. The first-order valence-electron chi connectivity index (χ1n) is 6.06. The van der Waals surface area contributed by atoms with Gasteiger partial charge in [-0.1, -0.05) is 12.8 Å². The van der Waals surface area contributed by atoms with Crippen molar-refractivity contribution in [3.05, 3.63) is 17.6 Å². The molecule has 0 aliphatic carbocycles. The van der Waals surface area contributed by atoms with Gasteiger partial charge < -0.3 is 5.73 Å². The van der Waals surface area contributed by atoms with E-state index in [0.29, 0.717) is 5.82 Å². The lowest BCUT2D eigenvalue weighted by atomic mass is 10.2. The molecule has 0 amide bonds. The number of aromatic nitrogens is 2. The topological polar surface area (TPSA) is 55.0 Å². The smallest absolute Gasteiger partial charge is 0.144 e. The summed E-state index contributed by atoms with van der Waals surface area (Å²) in [5, 5.41) is 0. The Labute approximate surface area is 96.9 Å². The largest absolute Gasteiger partial charge is 0.384 e. The Bertz CT molecular complexity index is 323. The third kappa shape index (κ3) is 3.17. The molecule has 0 saturated carbocycles. The number of nitrogens with zero attached hydrogens (tertiary/aromatic N) is 3. The molecule has 2 N–H and O–H groups in total. The number of likely N-dealkylation sites (tertiary alicyclic amines) is 1. The Balaban J connectivity index is 2.01. The molecule has 1 aromatic rings. The minimum Gasteiger partial charge on any atom is -0.384 e. The maximum absolute atomic E-state index is 5.73. The van der Waals surface area contributed by atoms with Crippen molar-refractivity contribution in [1.82, 2.24) is 14.9 Å². The summed E-state index contributed by atoms with van der Waals surface area (Å²) < 4.78 is 0. The van der Waals surface area contributed by atoms with Crippen LogP contribution in [0, 0.1) is 6.92 Å². The van der Waals surface area contributed by atoms with Gasteiger partial charge in [0.05, 0.1) is 6.54 Å². The molecule has 0 radical (unpaired) electrons. The molecule has 1 aliphatic rings. The Hall–Kier alpha value is -1.16. The maximum atomic E-state index is 5.73. The SMILES string of the molecule is Cc1cc(N)nc(CN2CCCCCC2)n1. The van der Waals surface area contributed by atoms with E-state index in [1.165, 1.54) is 25.7 Å². The Morgan fingerprint density at radius 1 is 1.19 bits per heavy atom. The highest BCUT2D eigenvalue weighted by Crippen LogP contribution is 2.12. The first kappa shape index (κ1) is 11.3. The van der Waals surface area contributed by atoms with E-state index in [-0.39, 0.29) is 0 Å². The van der Waals surface area contributed by atoms with Crippen LogP contribution in [0.15, 0.2) is 6.07 Å². The molecule has 4 heteroatoms. The number of nitrogen functional groups attached to an aromatic ring is 1. The highest BCUT2D eigenvalue weighted by Gasteiger charge is 2.11. The molecule has 0 atom stereocenters. The zero-order valence-corrected chi connectivity index (χ0v) is 9.95. The third-order valence-electron chi connectivity index (χ3n) is 2.98. The van der Waals surface area contributed by atoms with E-state index in [4.69, 9.17) is 5.73 Å². The van der Waals surface area contributed by atoms with Crippen molar-refractivity contribution in [2.45, 2.75) is 39.2 Å². The second kappa shape index (κ2) is 5.25. The predicted octanol–water partition coefficient (Wildman–Crippen LogP) is 1.74. The summed E-state index contributed by atoms with van der Waals surface area (Å²) in [4.78, 5) is 11.1. The van der Waals surface area contributed by atoms with E-state index >= 15 is 0 Å². The molecule has 1 aromatic heterocycles. The Kier molecular flexibility index (Phi) is 3.72. The summed E-state index contributed by atoms with van der Waals surface area (Å²) >= 11 is 0. The molecule has 0 spiro atoms. The number of aryl methyl sites for hydroxylation is 1. The summed E-state index contributed by atoms with van der Waals surface area (Å²) in [5.74, 6) is 1.44. The lowest BCUT2D eigenvalue weighted by molar-refractivity contribution is 0.270. The minimum atomic E-state index is 0.581. The minimum absolute atomic E-state index is 0.581. The molecule has 0 unspecified atom stereocenters. The molecule has 0 aromatic carbocycles. The predicted molar refractivity (Wildman–Crippen MR) is 64.9 cm³/mol. The molecule has 1 saturated heterocycles. The van der Waals surface area contributed by atoms with Crippen LogP contribution in [0.5, 0.6) is 0 Å². The molecule has 4 nitrogen and oxygen atoms in total. The fraction of sp³-hybridized carbons (Fsp3) is 0.667. The molecular formula is C12H20N4. The molecule has 2 rings (SSSR count). The summed E-state index contributed by atoms with van der Waals surface area (Å²) in [6.45, 7) is 5.13. The number of anilines is 1. The second-order valence-electron chi connectivity index (χ2n) is 4.54. The fourth-order valence-corrected chi connectivity index (χ4v) is 2.22. The molecule has 2 heterocycles. The van der Waals surface area contributed by atoms with Crippen LogP contribution in [0.1, 0.15) is 37.2 Å². The quantitative estimate of drug-likeness (QED) is 0.825. The van der Waals surface area contributed by atoms with E-state index in [2.05, 4.69) is 14.9 Å². The standard InChI is InChI=1S/C12H20N4/c1-10-8-11(13)15-12(14-10)9-16-6-4-2-3-5-7-16/h8H,2-7,9H2,1H3,(H2,13,14,15). The van der Waals surface area contributed by atoms with Gasteiger partial charge in [-0.05, 0) is 32.9 Å². The monoisotopic (exact) mass is 220 g/mol. The van der Waals surface area contributed by atoms with Gasteiger partial charge >= 0.3 is 0 Å².